The lowest BCUT2D eigenvalue weighted by Crippen LogP contribution is -2.40. The van der Waals surface area contributed by atoms with Crippen molar-refractivity contribution in [3.05, 3.63) is 124 Å². The molecule has 28 heavy (non-hydrogen) atoms. The van der Waals surface area contributed by atoms with Gasteiger partial charge in [-0.05, 0) is 30.0 Å². The predicted molar refractivity (Wildman–Crippen MR) is 118 cm³/mol. The number of aryl methyl sites for hydroxylation is 1. The second-order valence-corrected chi connectivity index (χ2v) is 7.95. The topological polar surface area (TPSA) is 24.4 Å². The van der Waals surface area contributed by atoms with Crippen molar-refractivity contribution in [1.82, 2.24) is 0 Å². The third-order valence-corrected chi connectivity index (χ3v) is 6.13. The predicted octanol–water partition coefficient (Wildman–Crippen LogP) is 6.22. The SMILES string of the molecule is Cc1ccccc1C1(c2ccccc2)N=C(c2cccs2)c2ccccc2N1. The minimum atomic E-state index is -0.666. The standard InChI is InChI=1S/C25H20N2S/c1-18-10-5-7-14-21(18)25(19-11-3-2-4-12-19)26-22-15-8-6-13-20(22)24(27-25)23-16-9-17-28-23/h2-17,26H,1H3. The normalized spacial score (nSPS) is 18.1. The van der Waals surface area contributed by atoms with Crippen LogP contribution >= 0.6 is 11.3 Å². The number of hydrogen-bond donors (Lipinski definition) is 1. The first-order valence-electron chi connectivity index (χ1n) is 9.41. The number of thiophene rings is 1. The lowest BCUT2D eigenvalue weighted by molar-refractivity contribution is 0.616. The van der Waals surface area contributed by atoms with Gasteiger partial charge in [0.2, 0.25) is 0 Å². The van der Waals surface area contributed by atoms with Crippen LogP contribution in [0.25, 0.3) is 0 Å². The third kappa shape index (κ3) is 2.67. The van der Waals surface area contributed by atoms with Gasteiger partial charge in [-0.25, -0.2) is 4.99 Å². The van der Waals surface area contributed by atoms with Crippen LogP contribution in [0.3, 0.4) is 0 Å². The highest BCUT2D eigenvalue weighted by Crippen LogP contribution is 2.42. The van der Waals surface area contributed by atoms with Gasteiger partial charge in [0.1, 0.15) is 0 Å². The summed E-state index contributed by atoms with van der Waals surface area (Å²) in [5.41, 5.74) is 6.14. The smallest absolute Gasteiger partial charge is 0.182 e. The molecule has 0 radical (unpaired) electrons. The minimum Gasteiger partial charge on any atom is -0.353 e. The van der Waals surface area contributed by atoms with E-state index >= 15 is 0 Å². The van der Waals surface area contributed by atoms with E-state index in [0.717, 1.165) is 22.5 Å². The van der Waals surface area contributed by atoms with E-state index in [-0.39, 0.29) is 0 Å². The van der Waals surface area contributed by atoms with Crippen molar-refractivity contribution in [2.24, 2.45) is 4.99 Å². The number of nitrogens with zero attached hydrogens (tertiary/aromatic N) is 1. The molecule has 2 heterocycles. The molecule has 5 rings (SSSR count). The average molecular weight is 381 g/mol. The monoisotopic (exact) mass is 380 g/mol. The van der Waals surface area contributed by atoms with Crippen molar-refractivity contribution in [2.75, 3.05) is 5.32 Å². The van der Waals surface area contributed by atoms with Crippen LogP contribution in [0.5, 0.6) is 0 Å². The van der Waals surface area contributed by atoms with E-state index in [2.05, 4.69) is 109 Å². The summed E-state index contributed by atoms with van der Waals surface area (Å²) >= 11 is 1.73. The maximum Gasteiger partial charge on any atom is 0.182 e. The van der Waals surface area contributed by atoms with Crippen LogP contribution in [0.1, 0.15) is 27.1 Å². The zero-order valence-electron chi connectivity index (χ0n) is 15.6. The van der Waals surface area contributed by atoms with Gasteiger partial charge in [0.15, 0.2) is 5.66 Å². The Balaban J connectivity index is 1.85. The Bertz CT molecular complexity index is 1150. The van der Waals surface area contributed by atoms with Gasteiger partial charge < -0.3 is 5.32 Å². The van der Waals surface area contributed by atoms with E-state index in [0.29, 0.717) is 0 Å². The fraction of sp³-hybridized carbons (Fsp3) is 0.0800. The van der Waals surface area contributed by atoms with Gasteiger partial charge in [0.05, 0.1) is 10.6 Å². The first-order chi connectivity index (χ1) is 13.8. The highest BCUT2D eigenvalue weighted by atomic mass is 32.1. The molecule has 4 aromatic rings. The summed E-state index contributed by atoms with van der Waals surface area (Å²) in [6.07, 6.45) is 0. The molecule has 0 saturated carbocycles. The van der Waals surface area contributed by atoms with Gasteiger partial charge >= 0.3 is 0 Å². The third-order valence-electron chi connectivity index (χ3n) is 5.26. The Morgan fingerprint density at radius 3 is 2.32 bits per heavy atom. The molecule has 0 amide bonds. The quantitative estimate of drug-likeness (QED) is 0.448. The summed E-state index contributed by atoms with van der Waals surface area (Å²) in [4.78, 5) is 6.60. The molecule has 0 bridgehead atoms. The molecule has 1 atom stereocenters. The van der Waals surface area contributed by atoms with Crippen molar-refractivity contribution in [1.29, 1.82) is 0 Å². The summed E-state index contributed by atoms with van der Waals surface area (Å²) in [5.74, 6) is 0. The molecule has 1 aliphatic heterocycles. The van der Waals surface area contributed by atoms with Crippen molar-refractivity contribution >= 4 is 22.7 Å². The zero-order valence-corrected chi connectivity index (χ0v) is 16.4. The van der Waals surface area contributed by atoms with E-state index < -0.39 is 5.66 Å². The lowest BCUT2D eigenvalue weighted by atomic mass is 9.85. The molecule has 0 spiro atoms. The van der Waals surface area contributed by atoms with E-state index in [9.17, 15) is 0 Å². The number of benzene rings is 3. The molecule has 1 N–H and O–H groups in total. The summed E-state index contributed by atoms with van der Waals surface area (Å²) in [7, 11) is 0. The molecule has 0 aliphatic carbocycles. The van der Waals surface area contributed by atoms with E-state index in [1.807, 2.05) is 0 Å². The Hall–Kier alpha value is -3.17. The largest absolute Gasteiger partial charge is 0.353 e. The number of hydrogen-bond acceptors (Lipinski definition) is 3. The van der Waals surface area contributed by atoms with Crippen LogP contribution in [-0.4, -0.2) is 5.71 Å². The summed E-state index contributed by atoms with van der Waals surface area (Å²) in [6.45, 7) is 2.16. The maximum atomic E-state index is 5.41. The van der Waals surface area contributed by atoms with Gasteiger partial charge in [-0.1, -0.05) is 78.9 Å². The van der Waals surface area contributed by atoms with Crippen LogP contribution in [0.2, 0.25) is 0 Å². The average Bonchev–Trinajstić information content (AvgIpc) is 3.29. The minimum absolute atomic E-state index is 0.666. The fourth-order valence-electron chi connectivity index (χ4n) is 3.93. The Kier molecular flexibility index (Phi) is 4.10. The molecule has 1 unspecified atom stereocenters. The lowest BCUT2D eigenvalue weighted by Gasteiger charge is -2.39. The highest BCUT2D eigenvalue weighted by Gasteiger charge is 2.39. The number of rotatable bonds is 3. The van der Waals surface area contributed by atoms with Crippen LogP contribution < -0.4 is 5.32 Å². The molecule has 1 aromatic heterocycles. The summed E-state index contributed by atoms with van der Waals surface area (Å²) in [6, 6.07) is 31.7. The van der Waals surface area contributed by atoms with Crippen LogP contribution in [0.15, 0.2) is 101 Å². The molecule has 0 saturated heterocycles. The number of nitrogens with one attached hydrogen (secondary N) is 1. The van der Waals surface area contributed by atoms with Crippen molar-refractivity contribution < 1.29 is 0 Å². The van der Waals surface area contributed by atoms with Gasteiger partial charge in [0.25, 0.3) is 0 Å². The van der Waals surface area contributed by atoms with E-state index in [1.165, 1.54) is 16.0 Å². The van der Waals surface area contributed by atoms with Gasteiger partial charge in [-0.2, -0.15) is 0 Å². The Labute approximate surface area is 169 Å². The molecule has 0 fully saturated rings. The Morgan fingerprint density at radius 2 is 1.54 bits per heavy atom. The molecular weight excluding hydrogens is 360 g/mol. The van der Waals surface area contributed by atoms with E-state index in [4.69, 9.17) is 4.99 Å². The Morgan fingerprint density at radius 1 is 0.786 bits per heavy atom. The van der Waals surface area contributed by atoms with Gasteiger partial charge in [-0.3, -0.25) is 0 Å². The molecule has 3 aromatic carbocycles. The van der Waals surface area contributed by atoms with Crippen LogP contribution in [0, 0.1) is 6.92 Å². The fourth-order valence-corrected chi connectivity index (χ4v) is 4.66. The van der Waals surface area contributed by atoms with Crippen LogP contribution in [-0.2, 0) is 5.66 Å². The van der Waals surface area contributed by atoms with Crippen LogP contribution in [0.4, 0.5) is 5.69 Å². The first-order valence-corrected chi connectivity index (χ1v) is 10.3. The van der Waals surface area contributed by atoms with Crippen molar-refractivity contribution in [3.8, 4) is 0 Å². The zero-order chi connectivity index (χ0) is 19.0. The first kappa shape index (κ1) is 17.0. The molecule has 136 valence electrons. The summed E-state index contributed by atoms with van der Waals surface area (Å²) in [5, 5.41) is 5.90. The van der Waals surface area contributed by atoms with Crippen molar-refractivity contribution in [2.45, 2.75) is 12.6 Å². The number of para-hydroxylation sites is 1. The summed E-state index contributed by atoms with van der Waals surface area (Å²) < 4.78 is 0. The second kappa shape index (κ2) is 6.77. The number of fused-ring (bicyclic) bond motifs is 1. The van der Waals surface area contributed by atoms with E-state index in [1.54, 1.807) is 11.3 Å². The molecule has 1 aliphatic rings. The van der Waals surface area contributed by atoms with Crippen molar-refractivity contribution in [3.63, 3.8) is 0 Å². The highest BCUT2D eigenvalue weighted by molar-refractivity contribution is 7.12. The van der Waals surface area contributed by atoms with Gasteiger partial charge in [-0.15, -0.1) is 11.3 Å². The maximum absolute atomic E-state index is 5.41. The van der Waals surface area contributed by atoms with Gasteiger partial charge in [0, 0.05) is 22.4 Å². The second-order valence-electron chi connectivity index (χ2n) is 7.00. The molecular formula is C25H20N2S. The molecule has 3 heteroatoms. The number of aliphatic imine (C=N–C) groups is 1. The molecule has 2 nitrogen and oxygen atoms in total. The number of anilines is 1.